The van der Waals surface area contributed by atoms with Crippen LogP contribution in [-0.4, -0.2) is 53.3 Å². The lowest BCUT2D eigenvalue weighted by Gasteiger charge is -2.39. The van der Waals surface area contributed by atoms with Crippen molar-refractivity contribution in [2.45, 2.75) is 32.3 Å². The van der Waals surface area contributed by atoms with E-state index in [4.69, 9.17) is 5.26 Å². The standard InChI is InChI=1S/C16H24N4O/c1-3-16(21,4-2)13-19-8-10-20(11-9-19)15-14(12-17)6-5-7-18-15/h5-7,21H,3-4,8-11,13H2,1-2H3. The monoisotopic (exact) mass is 288 g/mol. The molecule has 0 bridgehead atoms. The first-order valence-electron chi connectivity index (χ1n) is 7.66. The normalized spacial score (nSPS) is 16.8. The molecule has 0 aliphatic carbocycles. The fourth-order valence-electron chi connectivity index (χ4n) is 2.74. The minimum Gasteiger partial charge on any atom is -0.389 e. The predicted molar refractivity (Wildman–Crippen MR) is 83.1 cm³/mol. The summed E-state index contributed by atoms with van der Waals surface area (Å²) in [7, 11) is 0. The van der Waals surface area contributed by atoms with E-state index >= 15 is 0 Å². The van der Waals surface area contributed by atoms with Crippen LogP contribution in [0.5, 0.6) is 0 Å². The van der Waals surface area contributed by atoms with E-state index in [1.165, 1.54) is 0 Å². The van der Waals surface area contributed by atoms with Crippen LogP contribution in [0.25, 0.3) is 0 Å². The molecular formula is C16H24N4O. The van der Waals surface area contributed by atoms with Crippen molar-refractivity contribution in [1.29, 1.82) is 5.26 Å². The number of aromatic nitrogens is 1. The summed E-state index contributed by atoms with van der Waals surface area (Å²) in [6.45, 7) is 8.26. The van der Waals surface area contributed by atoms with E-state index in [0.29, 0.717) is 5.56 Å². The van der Waals surface area contributed by atoms with Gasteiger partial charge in [0, 0.05) is 38.9 Å². The Morgan fingerprint density at radius 3 is 2.52 bits per heavy atom. The second-order valence-electron chi connectivity index (χ2n) is 5.68. The quantitative estimate of drug-likeness (QED) is 0.892. The summed E-state index contributed by atoms with van der Waals surface area (Å²) in [5, 5.41) is 19.6. The van der Waals surface area contributed by atoms with Crippen molar-refractivity contribution < 1.29 is 5.11 Å². The second kappa shape index (κ2) is 6.88. The van der Waals surface area contributed by atoms with Gasteiger partial charge in [-0.1, -0.05) is 13.8 Å². The molecule has 1 saturated heterocycles. The van der Waals surface area contributed by atoms with Gasteiger partial charge in [-0.2, -0.15) is 5.26 Å². The zero-order valence-electron chi connectivity index (χ0n) is 12.9. The molecule has 0 radical (unpaired) electrons. The van der Waals surface area contributed by atoms with Crippen LogP contribution in [0.1, 0.15) is 32.3 Å². The summed E-state index contributed by atoms with van der Waals surface area (Å²) in [6, 6.07) is 5.80. The molecule has 5 heteroatoms. The third kappa shape index (κ3) is 3.72. The van der Waals surface area contributed by atoms with Gasteiger partial charge in [-0.15, -0.1) is 0 Å². The lowest BCUT2D eigenvalue weighted by molar-refractivity contribution is -0.00458. The van der Waals surface area contributed by atoms with E-state index in [-0.39, 0.29) is 0 Å². The van der Waals surface area contributed by atoms with Crippen molar-refractivity contribution in [2.24, 2.45) is 0 Å². The molecule has 0 spiro atoms. The lowest BCUT2D eigenvalue weighted by Crippen LogP contribution is -2.52. The van der Waals surface area contributed by atoms with Crippen molar-refractivity contribution in [3.8, 4) is 6.07 Å². The Kier molecular flexibility index (Phi) is 5.16. The maximum absolute atomic E-state index is 10.4. The van der Waals surface area contributed by atoms with Crippen LogP contribution >= 0.6 is 0 Å². The molecule has 0 amide bonds. The molecule has 2 heterocycles. The SMILES string of the molecule is CCC(O)(CC)CN1CCN(c2ncccc2C#N)CC1. The number of nitriles is 1. The molecule has 0 unspecified atom stereocenters. The average molecular weight is 288 g/mol. The van der Waals surface area contributed by atoms with Crippen molar-refractivity contribution in [3.05, 3.63) is 23.9 Å². The molecule has 1 fully saturated rings. The summed E-state index contributed by atoms with van der Waals surface area (Å²) < 4.78 is 0. The van der Waals surface area contributed by atoms with Crippen LogP contribution in [0, 0.1) is 11.3 Å². The summed E-state index contributed by atoms with van der Waals surface area (Å²) in [4.78, 5) is 8.80. The van der Waals surface area contributed by atoms with E-state index in [0.717, 1.165) is 51.4 Å². The number of aliphatic hydroxyl groups is 1. The summed E-state index contributed by atoms with van der Waals surface area (Å²) in [6.07, 6.45) is 3.29. The van der Waals surface area contributed by atoms with E-state index in [2.05, 4.69) is 20.9 Å². The smallest absolute Gasteiger partial charge is 0.146 e. The maximum atomic E-state index is 10.4. The molecular weight excluding hydrogens is 264 g/mol. The molecule has 0 aromatic carbocycles. The molecule has 21 heavy (non-hydrogen) atoms. The molecule has 5 nitrogen and oxygen atoms in total. The van der Waals surface area contributed by atoms with Crippen molar-refractivity contribution in [1.82, 2.24) is 9.88 Å². The van der Waals surface area contributed by atoms with E-state index in [1.54, 1.807) is 12.3 Å². The van der Waals surface area contributed by atoms with E-state index < -0.39 is 5.60 Å². The molecule has 1 aromatic rings. The maximum Gasteiger partial charge on any atom is 0.146 e. The lowest BCUT2D eigenvalue weighted by atomic mass is 9.96. The Morgan fingerprint density at radius 1 is 1.29 bits per heavy atom. The zero-order valence-corrected chi connectivity index (χ0v) is 12.9. The van der Waals surface area contributed by atoms with Crippen molar-refractivity contribution in [2.75, 3.05) is 37.6 Å². The Balaban J connectivity index is 1.96. The van der Waals surface area contributed by atoms with E-state index in [9.17, 15) is 5.11 Å². The highest BCUT2D eigenvalue weighted by atomic mass is 16.3. The Bertz CT molecular complexity index is 499. The highest BCUT2D eigenvalue weighted by Crippen LogP contribution is 2.21. The van der Waals surface area contributed by atoms with Gasteiger partial charge in [0.05, 0.1) is 11.2 Å². The summed E-state index contributed by atoms with van der Waals surface area (Å²) >= 11 is 0. The van der Waals surface area contributed by atoms with Gasteiger partial charge in [-0.25, -0.2) is 4.98 Å². The Morgan fingerprint density at radius 2 is 1.95 bits per heavy atom. The first-order valence-corrected chi connectivity index (χ1v) is 7.66. The predicted octanol–water partition coefficient (Wildman–Crippen LogP) is 1.63. The zero-order chi connectivity index (χ0) is 15.3. The fourth-order valence-corrected chi connectivity index (χ4v) is 2.74. The third-order valence-electron chi connectivity index (χ3n) is 4.41. The van der Waals surface area contributed by atoms with Gasteiger partial charge in [0.1, 0.15) is 11.9 Å². The van der Waals surface area contributed by atoms with Crippen LogP contribution in [0.15, 0.2) is 18.3 Å². The van der Waals surface area contributed by atoms with Gasteiger partial charge < -0.3 is 10.0 Å². The highest BCUT2D eigenvalue weighted by Gasteiger charge is 2.28. The van der Waals surface area contributed by atoms with Crippen molar-refractivity contribution in [3.63, 3.8) is 0 Å². The van der Waals surface area contributed by atoms with Gasteiger partial charge in [0.25, 0.3) is 0 Å². The van der Waals surface area contributed by atoms with Crippen LogP contribution < -0.4 is 4.90 Å². The number of β-amino-alcohol motifs (C(OH)–C–C–N with tert-alkyl or cyclic N) is 1. The minimum absolute atomic E-state index is 0.578. The molecule has 1 aliphatic rings. The topological polar surface area (TPSA) is 63.4 Å². The molecule has 114 valence electrons. The fraction of sp³-hybridized carbons (Fsp3) is 0.625. The van der Waals surface area contributed by atoms with E-state index in [1.807, 2.05) is 19.9 Å². The average Bonchev–Trinajstić information content (AvgIpc) is 2.55. The number of pyridine rings is 1. The molecule has 1 aliphatic heterocycles. The van der Waals surface area contributed by atoms with Gasteiger partial charge in [-0.05, 0) is 25.0 Å². The summed E-state index contributed by atoms with van der Waals surface area (Å²) in [5.41, 5.74) is 0.0508. The molecule has 1 aromatic heterocycles. The van der Waals surface area contributed by atoms with Gasteiger partial charge in [0.15, 0.2) is 0 Å². The van der Waals surface area contributed by atoms with Gasteiger partial charge in [-0.3, -0.25) is 4.90 Å². The molecule has 0 atom stereocenters. The van der Waals surface area contributed by atoms with Crippen LogP contribution in [-0.2, 0) is 0 Å². The van der Waals surface area contributed by atoms with Crippen molar-refractivity contribution >= 4 is 5.82 Å². The number of piperazine rings is 1. The van der Waals surface area contributed by atoms with Crippen LogP contribution in [0.4, 0.5) is 5.82 Å². The third-order valence-corrected chi connectivity index (χ3v) is 4.41. The molecule has 2 rings (SSSR count). The first-order chi connectivity index (χ1) is 10.1. The number of hydrogen-bond acceptors (Lipinski definition) is 5. The minimum atomic E-state index is -0.578. The van der Waals surface area contributed by atoms with Crippen LogP contribution in [0.2, 0.25) is 0 Å². The highest BCUT2D eigenvalue weighted by molar-refractivity contribution is 5.53. The Hall–Kier alpha value is -1.64. The number of rotatable bonds is 5. The first kappa shape index (κ1) is 15.7. The second-order valence-corrected chi connectivity index (χ2v) is 5.68. The molecule has 1 N–H and O–H groups in total. The van der Waals surface area contributed by atoms with Gasteiger partial charge >= 0.3 is 0 Å². The largest absolute Gasteiger partial charge is 0.389 e. The number of nitrogens with zero attached hydrogens (tertiary/aromatic N) is 4. The number of anilines is 1. The Labute approximate surface area is 126 Å². The van der Waals surface area contributed by atoms with Gasteiger partial charge in [0.2, 0.25) is 0 Å². The summed E-state index contributed by atoms with van der Waals surface area (Å²) in [5.74, 6) is 0.779. The number of hydrogen-bond donors (Lipinski definition) is 1. The van der Waals surface area contributed by atoms with Crippen LogP contribution in [0.3, 0.4) is 0 Å². The molecule has 0 saturated carbocycles.